The summed E-state index contributed by atoms with van der Waals surface area (Å²) in [6.45, 7) is 2.26. The Morgan fingerprint density at radius 2 is 1.38 bits per heavy atom. The standard InChI is InChI=1S/C12H25N/c1-2-3-4-5-6-7-8-9-10-11-12-13/h11-12H,2-10,13H2,1H3/b12-11+. The quantitative estimate of drug-likeness (QED) is 0.537. The highest BCUT2D eigenvalue weighted by Gasteiger charge is 1.89. The Hall–Kier alpha value is -0.460. The van der Waals surface area contributed by atoms with Gasteiger partial charge in [-0.25, -0.2) is 0 Å². The van der Waals surface area contributed by atoms with Gasteiger partial charge in [-0.15, -0.1) is 0 Å². The summed E-state index contributed by atoms with van der Waals surface area (Å²) in [5.41, 5.74) is 5.24. The van der Waals surface area contributed by atoms with Gasteiger partial charge in [0.05, 0.1) is 0 Å². The van der Waals surface area contributed by atoms with Crippen LogP contribution in [0.15, 0.2) is 12.3 Å². The molecule has 1 nitrogen and oxygen atoms in total. The lowest BCUT2D eigenvalue weighted by molar-refractivity contribution is 0.577. The van der Waals surface area contributed by atoms with Gasteiger partial charge in [0.25, 0.3) is 0 Å². The van der Waals surface area contributed by atoms with Crippen LogP contribution in [0.4, 0.5) is 0 Å². The molecule has 0 heterocycles. The zero-order chi connectivity index (χ0) is 9.78. The predicted octanol–water partition coefficient (Wildman–Crippen LogP) is 3.99. The molecule has 0 unspecified atom stereocenters. The molecule has 0 aliphatic heterocycles. The highest BCUT2D eigenvalue weighted by molar-refractivity contribution is 4.74. The molecular formula is C12H25N. The van der Waals surface area contributed by atoms with Crippen LogP contribution >= 0.6 is 0 Å². The van der Waals surface area contributed by atoms with E-state index in [9.17, 15) is 0 Å². The summed E-state index contributed by atoms with van der Waals surface area (Å²) in [6, 6.07) is 0. The first kappa shape index (κ1) is 12.5. The molecule has 0 radical (unpaired) electrons. The molecule has 0 aromatic carbocycles. The number of unbranched alkanes of at least 4 members (excludes halogenated alkanes) is 8. The molecule has 1 heteroatoms. The molecule has 0 rings (SSSR count). The van der Waals surface area contributed by atoms with Crippen molar-refractivity contribution >= 4 is 0 Å². The average molecular weight is 183 g/mol. The summed E-state index contributed by atoms with van der Waals surface area (Å²) in [5, 5.41) is 0. The SMILES string of the molecule is CCCCCCCCCC/C=C/N. The first-order valence-electron chi connectivity index (χ1n) is 5.78. The third-order valence-corrected chi connectivity index (χ3v) is 2.36. The molecule has 0 amide bonds. The fraction of sp³-hybridized carbons (Fsp3) is 0.833. The van der Waals surface area contributed by atoms with Crippen molar-refractivity contribution in [2.45, 2.75) is 64.7 Å². The van der Waals surface area contributed by atoms with Crippen LogP contribution in [-0.4, -0.2) is 0 Å². The summed E-state index contributed by atoms with van der Waals surface area (Å²) in [7, 11) is 0. The van der Waals surface area contributed by atoms with Crippen molar-refractivity contribution in [1.29, 1.82) is 0 Å². The van der Waals surface area contributed by atoms with Gasteiger partial charge in [0.15, 0.2) is 0 Å². The average Bonchev–Trinajstić information content (AvgIpc) is 2.16. The van der Waals surface area contributed by atoms with E-state index in [1.807, 2.05) is 0 Å². The van der Waals surface area contributed by atoms with Gasteiger partial charge in [-0.3, -0.25) is 0 Å². The monoisotopic (exact) mass is 183 g/mol. The number of allylic oxidation sites excluding steroid dienone is 1. The Kier molecular flexibility index (Phi) is 11.1. The first-order chi connectivity index (χ1) is 6.41. The normalized spacial score (nSPS) is 11.2. The third kappa shape index (κ3) is 11.5. The van der Waals surface area contributed by atoms with Crippen LogP contribution in [-0.2, 0) is 0 Å². The van der Waals surface area contributed by atoms with Gasteiger partial charge in [-0.1, -0.05) is 57.9 Å². The molecule has 0 aliphatic carbocycles. The van der Waals surface area contributed by atoms with Crippen molar-refractivity contribution in [3.63, 3.8) is 0 Å². The van der Waals surface area contributed by atoms with Gasteiger partial charge >= 0.3 is 0 Å². The molecule has 0 fully saturated rings. The van der Waals surface area contributed by atoms with E-state index in [1.54, 1.807) is 6.20 Å². The number of rotatable bonds is 9. The minimum atomic E-state index is 1.16. The molecule has 13 heavy (non-hydrogen) atoms. The van der Waals surface area contributed by atoms with E-state index in [0.717, 1.165) is 6.42 Å². The highest BCUT2D eigenvalue weighted by Crippen LogP contribution is 2.09. The largest absolute Gasteiger partial charge is 0.405 e. The van der Waals surface area contributed by atoms with Gasteiger partial charge in [-0.05, 0) is 19.0 Å². The van der Waals surface area contributed by atoms with E-state index in [-0.39, 0.29) is 0 Å². The lowest BCUT2D eigenvalue weighted by atomic mass is 10.1. The fourth-order valence-corrected chi connectivity index (χ4v) is 1.49. The number of hydrogen-bond acceptors (Lipinski definition) is 1. The Labute approximate surface area is 83.4 Å². The second-order valence-electron chi connectivity index (χ2n) is 3.69. The van der Waals surface area contributed by atoms with Crippen molar-refractivity contribution < 1.29 is 0 Å². The maximum atomic E-state index is 5.24. The molecule has 0 saturated heterocycles. The first-order valence-corrected chi connectivity index (χ1v) is 5.78. The van der Waals surface area contributed by atoms with E-state index in [2.05, 4.69) is 13.0 Å². The number of nitrogens with two attached hydrogens (primary N) is 1. The van der Waals surface area contributed by atoms with Crippen LogP contribution in [0.2, 0.25) is 0 Å². The van der Waals surface area contributed by atoms with Crippen molar-refractivity contribution in [2.75, 3.05) is 0 Å². The summed E-state index contributed by atoms with van der Waals surface area (Å²) >= 11 is 0. The molecule has 0 aliphatic rings. The summed E-state index contributed by atoms with van der Waals surface area (Å²) < 4.78 is 0. The smallest absolute Gasteiger partial charge is 0.0103 e. The molecular weight excluding hydrogens is 158 g/mol. The Bertz CT molecular complexity index is 108. The third-order valence-electron chi connectivity index (χ3n) is 2.36. The lowest BCUT2D eigenvalue weighted by Crippen LogP contribution is -1.81. The topological polar surface area (TPSA) is 26.0 Å². The van der Waals surface area contributed by atoms with Crippen LogP contribution in [0.25, 0.3) is 0 Å². The van der Waals surface area contributed by atoms with Crippen LogP contribution < -0.4 is 5.73 Å². The molecule has 0 spiro atoms. The van der Waals surface area contributed by atoms with Gasteiger partial charge in [0.2, 0.25) is 0 Å². The molecule has 2 N–H and O–H groups in total. The Morgan fingerprint density at radius 3 is 1.92 bits per heavy atom. The minimum Gasteiger partial charge on any atom is -0.405 e. The van der Waals surface area contributed by atoms with E-state index in [4.69, 9.17) is 5.73 Å². The lowest BCUT2D eigenvalue weighted by Gasteiger charge is -1.99. The van der Waals surface area contributed by atoms with Crippen LogP contribution in [0, 0.1) is 0 Å². The Balaban J connectivity index is 2.83. The van der Waals surface area contributed by atoms with E-state index in [1.165, 1.54) is 51.4 Å². The van der Waals surface area contributed by atoms with Crippen LogP contribution in [0.1, 0.15) is 64.7 Å². The zero-order valence-electron chi connectivity index (χ0n) is 9.10. The van der Waals surface area contributed by atoms with Gasteiger partial charge in [0, 0.05) is 0 Å². The highest BCUT2D eigenvalue weighted by atomic mass is 14.5. The molecule has 0 atom stereocenters. The summed E-state index contributed by atoms with van der Waals surface area (Å²) in [6.07, 6.45) is 16.0. The maximum absolute atomic E-state index is 5.24. The maximum Gasteiger partial charge on any atom is -0.0103 e. The second-order valence-corrected chi connectivity index (χ2v) is 3.69. The summed E-state index contributed by atoms with van der Waals surface area (Å²) in [4.78, 5) is 0. The minimum absolute atomic E-state index is 1.16. The Morgan fingerprint density at radius 1 is 0.846 bits per heavy atom. The fourth-order valence-electron chi connectivity index (χ4n) is 1.49. The molecule has 0 aromatic heterocycles. The summed E-state index contributed by atoms with van der Waals surface area (Å²) in [5.74, 6) is 0. The number of hydrogen-bond donors (Lipinski definition) is 1. The second kappa shape index (κ2) is 11.5. The van der Waals surface area contributed by atoms with Crippen molar-refractivity contribution in [2.24, 2.45) is 5.73 Å². The zero-order valence-corrected chi connectivity index (χ0v) is 9.10. The molecule has 0 bridgehead atoms. The predicted molar refractivity (Wildman–Crippen MR) is 60.6 cm³/mol. The van der Waals surface area contributed by atoms with Gasteiger partial charge in [0.1, 0.15) is 0 Å². The molecule has 78 valence electrons. The van der Waals surface area contributed by atoms with Gasteiger partial charge < -0.3 is 5.73 Å². The van der Waals surface area contributed by atoms with Crippen molar-refractivity contribution in [3.8, 4) is 0 Å². The molecule has 0 aromatic rings. The van der Waals surface area contributed by atoms with Crippen molar-refractivity contribution in [1.82, 2.24) is 0 Å². The van der Waals surface area contributed by atoms with E-state index in [0.29, 0.717) is 0 Å². The van der Waals surface area contributed by atoms with E-state index >= 15 is 0 Å². The van der Waals surface area contributed by atoms with E-state index < -0.39 is 0 Å². The van der Waals surface area contributed by atoms with Crippen molar-refractivity contribution in [3.05, 3.63) is 12.3 Å². The molecule has 0 saturated carbocycles. The van der Waals surface area contributed by atoms with Crippen LogP contribution in [0.5, 0.6) is 0 Å². The van der Waals surface area contributed by atoms with Gasteiger partial charge in [-0.2, -0.15) is 0 Å². The van der Waals surface area contributed by atoms with Crippen LogP contribution in [0.3, 0.4) is 0 Å².